The Morgan fingerprint density at radius 1 is 0.963 bits per heavy atom. The summed E-state index contributed by atoms with van der Waals surface area (Å²) < 4.78 is 24.0. The smallest absolute Gasteiger partial charge is 0.220 e. The number of carbonyl (C=O) groups is 2. The summed E-state index contributed by atoms with van der Waals surface area (Å²) >= 11 is 0. The van der Waals surface area contributed by atoms with Crippen LogP contribution in [0.15, 0.2) is 42.5 Å². The number of fused-ring (bicyclic) bond motifs is 1. The number of carbonyl (C=O) groups excluding carboxylic acids is 2. The van der Waals surface area contributed by atoms with E-state index in [0.717, 1.165) is 12.0 Å². The SMILES string of the molecule is O=C(CCC(=O)c1ccc2c(c1)OCCCO2)NCCc1ccc(F)cc1. The Morgan fingerprint density at radius 2 is 1.70 bits per heavy atom. The first-order chi connectivity index (χ1) is 13.1. The molecular weight excluding hydrogens is 349 g/mol. The van der Waals surface area contributed by atoms with Gasteiger partial charge >= 0.3 is 0 Å². The van der Waals surface area contributed by atoms with Crippen molar-refractivity contribution in [2.24, 2.45) is 0 Å². The zero-order valence-corrected chi connectivity index (χ0v) is 15.0. The molecule has 142 valence electrons. The van der Waals surface area contributed by atoms with Gasteiger partial charge in [-0.15, -0.1) is 0 Å². The number of Topliss-reactive ketones (excluding diaryl/α,β-unsaturated/α-hetero) is 1. The Balaban J connectivity index is 1.43. The first-order valence-corrected chi connectivity index (χ1v) is 9.06. The van der Waals surface area contributed by atoms with E-state index in [1.54, 1.807) is 30.3 Å². The topological polar surface area (TPSA) is 64.6 Å². The van der Waals surface area contributed by atoms with Crippen LogP contribution in [0.4, 0.5) is 4.39 Å². The van der Waals surface area contributed by atoms with Crippen molar-refractivity contribution < 1.29 is 23.5 Å². The van der Waals surface area contributed by atoms with Gasteiger partial charge in [-0.3, -0.25) is 9.59 Å². The van der Waals surface area contributed by atoms with Crippen LogP contribution in [-0.2, 0) is 11.2 Å². The first kappa shape index (κ1) is 18.9. The summed E-state index contributed by atoms with van der Waals surface area (Å²) in [6.45, 7) is 1.60. The molecule has 3 rings (SSSR count). The number of hydrogen-bond acceptors (Lipinski definition) is 4. The van der Waals surface area contributed by atoms with Gasteiger partial charge in [-0.1, -0.05) is 12.1 Å². The third-order valence-electron chi connectivity index (χ3n) is 4.30. The fourth-order valence-corrected chi connectivity index (χ4v) is 2.79. The van der Waals surface area contributed by atoms with Crippen LogP contribution in [0.2, 0.25) is 0 Å². The van der Waals surface area contributed by atoms with Gasteiger partial charge in [0.1, 0.15) is 5.82 Å². The Labute approximate surface area is 157 Å². The number of halogens is 1. The van der Waals surface area contributed by atoms with Crippen LogP contribution in [0.1, 0.15) is 35.2 Å². The Kier molecular flexibility index (Phi) is 6.41. The Bertz CT molecular complexity index is 804. The lowest BCUT2D eigenvalue weighted by Crippen LogP contribution is -2.26. The van der Waals surface area contributed by atoms with Crippen molar-refractivity contribution in [1.29, 1.82) is 0 Å². The number of rotatable bonds is 7. The van der Waals surface area contributed by atoms with Crippen molar-refractivity contribution in [3.63, 3.8) is 0 Å². The van der Waals surface area contributed by atoms with Crippen molar-refractivity contribution in [3.05, 3.63) is 59.4 Å². The molecule has 0 saturated carbocycles. The van der Waals surface area contributed by atoms with Crippen LogP contribution in [0.25, 0.3) is 0 Å². The van der Waals surface area contributed by atoms with Crippen molar-refractivity contribution in [2.75, 3.05) is 19.8 Å². The minimum atomic E-state index is -0.281. The van der Waals surface area contributed by atoms with E-state index in [-0.39, 0.29) is 30.3 Å². The zero-order valence-electron chi connectivity index (χ0n) is 15.0. The number of hydrogen-bond donors (Lipinski definition) is 1. The van der Waals surface area contributed by atoms with Gasteiger partial charge in [-0.05, 0) is 42.3 Å². The molecule has 0 aromatic heterocycles. The molecule has 2 aromatic rings. The summed E-state index contributed by atoms with van der Waals surface area (Å²) in [6.07, 6.45) is 1.66. The predicted molar refractivity (Wildman–Crippen MR) is 98.7 cm³/mol. The van der Waals surface area contributed by atoms with Gasteiger partial charge in [0.2, 0.25) is 5.91 Å². The monoisotopic (exact) mass is 371 g/mol. The quantitative estimate of drug-likeness (QED) is 0.759. The molecule has 0 unspecified atom stereocenters. The van der Waals surface area contributed by atoms with Crippen LogP contribution in [0, 0.1) is 5.82 Å². The molecule has 0 fully saturated rings. The second kappa shape index (κ2) is 9.16. The van der Waals surface area contributed by atoms with Gasteiger partial charge in [0.25, 0.3) is 0 Å². The largest absolute Gasteiger partial charge is 0.490 e. The number of nitrogens with one attached hydrogen (secondary N) is 1. The number of amides is 1. The van der Waals surface area contributed by atoms with Gasteiger partial charge < -0.3 is 14.8 Å². The van der Waals surface area contributed by atoms with E-state index < -0.39 is 0 Å². The summed E-state index contributed by atoms with van der Waals surface area (Å²) in [4.78, 5) is 24.3. The van der Waals surface area contributed by atoms with Gasteiger partial charge in [0, 0.05) is 31.4 Å². The van der Waals surface area contributed by atoms with Crippen molar-refractivity contribution in [2.45, 2.75) is 25.7 Å². The van der Waals surface area contributed by atoms with E-state index in [9.17, 15) is 14.0 Å². The fourth-order valence-electron chi connectivity index (χ4n) is 2.79. The standard InChI is InChI=1S/C21H22FNO4/c22-17-5-2-15(3-6-17)10-11-23-21(25)9-7-18(24)16-4-8-19-20(14-16)27-13-1-12-26-19/h2-6,8,14H,1,7,9-13H2,(H,23,25). The summed E-state index contributed by atoms with van der Waals surface area (Å²) in [5.41, 5.74) is 1.46. The van der Waals surface area contributed by atoms with Crippen molar-refractivity contribution in [1.82, 2.24) is 5.32 Å². The number of ether oxygens (including phenoxy) is 2. The van der Waals surface area contributed by atoms with Gasteiger partial charge in [-0.25, -0.2) is 4.39 Å². The molecule has 2 aromatic carbocycles. The molecule has 1 heterocycles. The molecule has 0 spiro atoms. The molecule has 1 aliphatic rings. The molecule has 6 heteroatoms. The second-order valence-corrected chi connectivity index (χ2v) is 6.36. The molecule has 0 bridgehead atoms. The van der Waals surface area contributed by atoms with Gasteiger partial charge in [0.05, 0.1) is 13.2 Å². The third kappa shape index (κ3) is 5.54. The van der Waals surface area contributed by atoms with Crippen LogP contribution >= 0.6 is 0 Å². The molecule has 5 nitrogen and oxygen atoms in total. The molecule has 1 N–H and O–H groups in total. The Hall–Kier alpha value is -2.89. The predicted octanol–water partition coefficient (Wildman–Crippen LogP) is 3.31. The van der Waals surface area contributed by atoms with Crippen LogP contribution in [0.5, 0.6) is 11.5 Å². The van der Waals surface area contributed by atoms with E-state index in [1.165, 1.54) is 12.1 Å². The van der Waals surface area contributed by atoms with Crippen molar-refractivity contribution in [3.8, 4) is 11.5 Å². The number of ketones is 1. The summed E-state index contributed by atoms with van der Waals surface area (Å²) in [5, 5.41) is 2.78. The van der Waals surface area contributed by atoms with Crippen LogP contribution in [0.3, 0.4) is 0 Å². The zero-order chi connectivity index (χ0) is 19.1. The van der Waals surface area contributed by atoms with Gasteiger partial charge in [0.15, 0.2) is 17.3 Å². The molecular formula is C21H22FNO4. The van der Waals surface area contributed by atoms with Crippen LogP contribution in [-0.4, -0.2) is 31.4 Å². The summed E-state index contributed by atoms with van der Waals surface area (Å²) in [5.74, 6) is 0.639. The van der Waals surface area contributed by atoms with E-state index in [4.69, 9.17) is 9.47 Å². The van der Waals surface area contributed by atoms with Crippen LogP contribution < -0.4 is 14.8 Å². The minimum Gasteiger partial charge on any atom is -0.490 e. The lowest BCUT2D eigenvalue weighted by atomic mass is 10.1. The normalized spacial score (nSPS) is 12.9. The molecule has 0 atom stereocenters. The fraction of sp³-hybridized carbons (Fsp3) is 0.333. The molecule has 0 aliphatic carbocycles. The highest BCUT2D eigenvalue weighted by Gasteiger charge is 2.15. The maximum absolute atomic E-state index is 12.8. The van der Waals surface area contributed by atoms with Crippen molar-refractivity contribution >= 4 is 11.7 Å². The highest BCUT2D eigenvalue weighted by Crippen LogP contribution is 2.30. The van der Waals surface area contributed by atoms with E-state index in [1.807, 2.05) is 0 Å². The summed E-state index contributed by atoms with van der Waals surface area (Å²) in [6, 6.07) is 11.3. The average Bonchev–Trinajstić information content (AvgIpc) is 2.92. The molecule has 27 heavy (non-hydrogen) atoms. The lowest BCUT2D eigenvalue weighted by molar-refractivity contribution is -0.121. The maximum atomic E-state index is 12.8. The van der Waals surface area contributed by atoms with E-state index >= 15 is 0 Å². The highest BCUT2D eigenvalue weighted by molar-refractivity contribution is 5.98. The second-order valence-electron chi connectivity index (χ2n) is 6.36. The molecule has 1 aliphatic heterocycles. The van der Waals surface area contributed by atoms with E-state index in [0.29, 0.717) is 43.2 Å². The highest BCUT2D eigenvalue weighted by atomic mass is 19.1. The van der Waals surface area contributed by atoms with E-state index in [2.05, 4.69) is 5.32 Å². The lowest BCUT2D eigenvalue weighted by Gasteiger charge is -2.09. The average molecular weight is 371 g/mol. The summed E-state index contributed by atoms with van der Waals surface area (Å²) in [7, 11) is 0. The number of benzene rings is 2. The minimum absolute atomic E-state index is 0.112. The molecule has 0 radical (unpaired) electrons. The molecule has 0 saturated heterocycles. The van der Waals surface area contributed by atoms with Gasteiger partial charge in [-0.2, -0.15) is 0 Å². The Morgan fingerprint density at radius 3 is 2.48 bits per heavy atom. The molecule has 1 amide bonds. The maximum Gasteiger partial charge on any atom is 0.220 e. The third-order valence-corrected chi connectivity index (χ3v) is 4.30. The first-order valence-electron chi connectivity index (χ1n) is 9.06.